The molecule has 2 saturated carbocycles. The fourth-order valence-electron chi connectivity index (χ4n) is 6.18. The van der Waals surface area contributed by atoms with Gasteiger partial charge in [0.05, 0.1) is 17.5 Å². The Bertz CT molecular complexity index is 1100. The molecular weight excluding hydrogens is 346 g/mol. The van der Waals surface area contributed by atoms with Crippen molar-refractivity contribution < 1.29 is 9.59 Å². The molecule has 0 N–H and O–H groups in total. The molecule has 1 heterocycles. The first kappa shape index (κ1) is 16.1. The predicted octanol–water partition coefficient (Wildman–Crippen LogP) is 4.77. The maximum atomic E-state index is 13.5. The van der Waals surface area contributed by atoms with Crippen molar-refractivity contribution in [3.05, 3.63) is 78.4 Å². The van der Waals surface area contributed by atoms with Crippen LogP contribution in [0.4, 0.5) is 5.69 Å². The van der Waals surface area contributed by atoms with E-state index in [-0.39, 0.29) is 29.6 Å². The lowest BCUT2D eigenvalue weighted by Gasteiger charge is -2.28. The van der Waals surface area contributed by atoms with Crippen molar-refractivity contribution in [2.75, 3.05) is 4.90 Å². The highest BCUT2D eigenvalue weighted by Crippen LogP contribution is 2.62. The van der Waals surface area contributed by atoms with Gasteiger partial charge in [-0.2, -0.15) is 0 Å². The van der Waals surface area contributed by atoms with E-state index in [0.717, 1.165) is 29.3 Å². The van der Waals surface area contributed by atoms with Gasteiger partial charge in [-0.25, -0.2) is 4.90 Å². The quantitative estimate of drug-likeness (QED) is 0.612. The molecule has 3 aliphatic rings. The van der Waals surface area contributed by atoms with Crippen LogP contribution in [0.15, 0.2) is 72.8 Å². The summed E-state index contributed by atoms with van der Waals surface area (Å²) in [5, 5.41) is 2.03. The van der Waals surface area contributed by atoms with Crippen molar-refractivity contribution in [1.82, 2.24) is 0 Å². The number of imide groups is 1. The number of carbonyl (C=O) groups is 2. The van der Waals surface area contributed by atoms with Crippen molar-refractivity contribution in [2.24, 2.45) is 23.7 Å². The summed E-state index contributed by atoms with van der Waals surface area (Å²) in [4.78, 5) is 28.4. The Hall–Kier alpha value is -2.94. The molecule has 3 fully saturated rings. The Morgan fingerprint density at radius 1 is 0.714 bits per heavy atom. The van der Waals surface area contributed by atoms with E-state index in [4.69, 9.17) is 0 Å². The fourth-order valence-corrected chi connectivity index (χ4v) is 6.18. The number of amides is 2. The van der Waals surface area contributed by atoms with Crippen LogP contribution in [0.3, 0.4) is 0 Å². The van der Waals surface area contributed by atoms with Crippen LogP contribution in [-0.2, 0) is 9.59 Å². The number of rotatable bonds is 2. The van der Waals surface area contributed by atoms with Gasteiger partial charge in [-0.3, -0.25) is 9.59 Å². The monoisotopic (exact) mass is 367 g/mol. The first-order valence-corrected chi connectivity index (χ1v) is 10.1. The maximum Gasteiger partial charge on any atom is 0.238 e. The lowest BCUT2D eigenvalue weighted by atomic mass is 9.73. The fraction of sp³-hybridized carbons (Fsp3) is 0.280. The van der Waals surface area contributed by atoms with Crippen LogP contribution in [-0.4, -0.2) is 11.8 Å². The van der Waals surface area contributed by atoms with Crippen molar-refractivity contribution in [2.45, 2.75) is 18.8 Å². The number of anilines is 1. The van der Waals surface area contributed by atoms with Gasteiger partial charge < -0.3 is 0 Å². The Morgan fingerprint density at radius 2 is 1.43 bits per heavy atom. The Kier molecular flexibility index (Phi) is 3.31. The zero-order chi connectivity index (χ0) is 18.8. The second-order valence-corrected chi connectivity index (χ2v) is 8.47. The molecule has 1 saturated heterocycles. The molecule has 6 rings (SSSR count). The normalized spacial score (nSPS) is 31.0. The average molecular weight is 367 g/mol. The molecule has 0 spiro atoms. The van der Waals surface area contributed by atoms with E-state index in [1.165, 1.54) is 10.5 Å². The molecule has 0 aromatic heterocycles. The second kappa shape index (κ2) is 5.78. The van der Waals surface area contributed by atoms with Gasteiger partial charge >= 0.3 is 0 Å². The van der Waals surface area contributed by atoms with Crippen LogP contribution in [0.1, 0.15) is 24.3 Å². The van der Waals surface area contributed by atoms with E-state index < -0.39 is 0 Å². The van der Waals surface area contributed by atoms with Gasteiger partial charge in [0.25, 0.3) is 0 Å². The molecule has 5 atom stereocenters. The third-order valence-electron chi connectivity index (χ3n) is 7.25. The van der Waals surface area contributed by atoms with Crippen LogP contribution in [0.2, 0.25) is 0 Å². The SMILES string of the molecule is O=C1C2C3CC(c4ccccc4)C(C3)C2C(=O)N1c1cccc2ccccc12. The summed E-state index contributed by atoms with van der Waals surface area (Å²) in [6.07, 6.45) is 2.04. The number of hydrogen-bond acceptors (Lipinski definition) is 2. The molecule has 3 aromatic carbocycles. The van der Waals surface area contributed by atoms with E-state index in [1.807, 2.05) is 48.5 Å². The lowest BCUT2D eigenvalue weighted by Crippen LogP contribution is -2.33. The number of hydrogen-bond donors (Lipinski definition) is 0. The number of carbonyl (C=O) groups excluding carboxylic acids is 2. The number of fused-ring (bicyclic) bond motifs is 6. The molecular formula is C25H21NO2. The third kappa shape index (κ3) is 2.05. The predicted molar refractivity (Wildman–Crippen MR) is 109 cm³/mol. The van der Waals surface area contributed by atoms with Crippen LogP contribution in [0.5, 0.6) is 0 Å². The van der Waals surface area contributed by atoms with Gasteiger partial charge in [-0.15, -0.1) is 0 Å². The maximum absolute atomic E-state index is 13.5. The molecule has 3 aromatic rings. The van der Waals surface area contributed by atoms with E-state index in [9.17, 15) is 9.59 Å². The largest absolute Gasteiger partial charge is 0.274 e. The zero-order valence-electron chi connectivity index (χ0n) is 15.5. The summed E-state index contributed by atoms with van der Waals surface area (Å²) >= 11 is 0. The highest BCUT2D eigenvalue weighted by atomic mass is 16.2. The van der Waals surface area contributed by atoms with Gasteiger partial charge in [0.1, 0.15) is 0 Å². The van der Waals surface area contributed by atoms with Crippen LogP contribution < -0.4 is 4.90 Å². The van der Waals surface area contributed by atoms with E-state index in [0.29, 0.717) is 11.8 Å². The van der Waals surface area contributed by atoms with Gasteiger partial charge in [0, 0.05) is 5.39 Å². The highest BCUT2D eigenvalue weighted by molar-refractivity contribution is 6.25. The smallest absolute Gasteiger partial charge is 0.238 e. The van der Waals surface area contributed by atoms with Gasteiger partial charge in [0.2, 0.25) is 11.8 Å². The number of nitrogens with zero attached hydrogens (tertiary/aromatic N) is 1. The van der Waals surface area contributed by atoms with Gasteiger partial charge in [-0.05, 0) is 47.6 Å². The van der Waals surface area contributed by atoms with Crippen molar-refractivity contribution in [1.29, 1.82) is 0 Å². The van der Waals surface area contributed by atoms with Crippen LogP contribution in [0, 0.1) is 23.7 Å². The van der Waals surface area contributed by atoms with Crippen molar-refractivity contribution in [3.8, 4) is 0 Å². The standard InChI is InChI=1S/C25H21NO2/c27-24-22-17-13-19(16-7-2-1-3-8-16)20(14-17)23(22)25(28)26(24)21-12-6-10-15-9-4-5-11-18(15)21/h1-12,17,19-20,22-23H,13-14H2. The molecule has 0 radical (unpaired) electrons. The van der Waals surface area contributed by atoms with Crippen molar-refractivity contribution in [3.63, 3.8) is 0 Å². The van der Waals surface area contributed by atoms with Gasteiger partial charge in [0.15, 0.2) is 0 Å². The topological polar surface area (TPSA) is 37.4 Å². The van der Waals surface area contributed by atoms with Gasteiger partial charge in [-0.1, -0.05) is 66.7 Å². The summed E-state index contributed by atoms with van der Waals surface area (Å²) < 4.78 is 0. The zero-order valence-corrected chi connectivity index (χ0v) is 15.5. The molecule has 2 aliphatic carbocycles. The minimum atomic E-state index is -0.157. The summed E-state index contributed by atoms with van der Waals surface area (Å²) in [6.45, 7) is 0. The van der Waals surface area contributed by atoms with E-state index in [1.54, 1.807) is 0 Å². The molecule has 3 heteroatoms. The van der Waals surface area contributed by atoms with E-state index in [2.05, 4.69) is 24.3 Å². The lowest BCUT2D eigenvalue weighted by molar-refractivity contribution is -0.123. The molecule has 28 heavy (non-hydrogen) atoms. The third-order valence-corrected chi connectivity index (χ3v) is 7.25. The molecule has 3 nitrogen and oxygen atoms in total. The minimum absolute atomic E-state index is 0.0134. The highest BCUT2D eigenvalue weighted by Gasteiger charge is 2.64. The summed E-state index contributed by atoms with van der Waals surface area (Å²) in [7, 11) is 0. The molecule has 2 amide bonds. The Labute approximate surface area is 164 Å². The average Bonchev–Trinajstić information content (AvgIpc) is 3.40. The first-order chi connectivity index (χ1) is 13.7. The first-order valence-electron chi connectivity index (χ1n) is 10.1. The van der Waals surface area contributed by atoms with E-state index >= 15 is 0 Å². The molecule has 1 aliphatic heterocycles. The second-order valence-electron chi connectivity index (χ2n) is 8.47. The molecule has 5 unspecified atom stereocenters. The minimum Gasteiger partial charge on any atom is -0.274 e. The summed E-state index contributed by atoms with van der Waals surface area (Å²) in [6, 6.07) is 24.4. The van der Waals surface area contributed by atoms with Crippen molar-refractivity contribution >= 4 is 28.3 Å². The summed E-state index contributed by atoms with van der Waals surface area (Å²) in [5.41, 5.74) is 2.07. The number of benzene rings is 3. The van der Waals surface area contributed by atoms with Crippen LogP contribution in [0.25, 0.3) is 10.8 Å². The summed E-state index contributed by atoms with van der Waals surface area (Å²) in [5.74, 6) is 0.763. The Balaban J connectivity index is 1.41. The Morgan fingerprint density at radius 3 is 2.29 bits per heavy atom. The molecule has 138 valence electrons. The van der Waals surface area contributed by atoms with Crippen LogP contribution >= 0.6 is 0 Å². The molecule has 2 bridgehead atoms.